The molecule has 5 heteroatoms. The van der Waals surface area contributed by atoms with Crippen molar-refractivity contribution in [3.05, 3.63) is 78.1 Å². The Balaban J connectivity index is 1.42. The molecule has 0 unspecified atom stereocenters. The van der Waals surface area contributed by atoms with Crippen LogP contribution in [0.15, 0.2) is 67.0 Å². The molecule has 1 aliphatic rings. The molecule has 1 fully saturated rings. The van der Waals surface area contributed by atoms with Gasteiger partial charge in [-0.25, -0.2) is 4.98 Å². The van der Waals surface area contributed by atoms with Gasteiger partial charge in [0.25, 0.3) is 5.91 Å². The zero-order valence-electron chi connectivity index (χ0n) is 16.6. The van der Waals surface area contributed by atoms with Crippen LogP contribution < -0.4 is 4.74 Å². The molecule has 1 aromatic carbocycles. The first kappa shape index (κ1) is 19.1. The minimum atomic E-state index is 0.0608. The van der Waals surface area contributed by atoms with Crippen LogP contribution in [0.25, 0.3) is 11.3 Å². The normalized spacial score (nSPS) is 16.9. The standard InChI is InChI=1S/C24H25N3O2/c1-29-23-12-10-20(16-26-23)22-11-9-21(17-25-22)24(28)27-14-5-8-19(13-15-27)18-6-3-2-4-7-18/h2-4,6-7,9-12,16-17,19H,5,8,13-15H2,1H3/t19-/m1/s1. The van der Waals surface area contributed by atoms with Crippen LogP contribution in [0, 0.1) is 0 Å². The van der Waals surface area contributed by atoms with E-state index in [1.165, 1.54) is 5.56 Å². The number of pyridine rings is 2. The molecule has 0 bridgehead atoms. The van der Waals surface area contributed by atoms with Crippen LogP contribution >= 0.6 is 0 Å². The minimum Gasteiger partial charge on any atom is -0.481 e. The van der Waals surface area contributed by atoms with Crippen molar-refractivity contribution >= 4 is 5.91 Å². The van der Waals surface area contributed by atoms with E-state index in [1.54, 1.807) is 25.6 Å². The molecule has 1 saturated heterocycles. The van der Waals surface area contributed by atoms with Gasteiger partial charge in [-0.3, -0.25) is 9.78 Å². The largest absolute Gasteiger partial charge is 0.481 e. The molecule has 0 spiro atoms. The van der Waals surface area contributed by atoms with Gasteiger partial charge in [0.1, 0.15) is 0 Å². The zero-order chi connectivity index (χ0) is 20.1. The number of rotatable bonds is 4. The Labute approximate surface area is 171 Å². The van der Waals surface area contributed by atoms with Crippen molar-refractivity contribution in [1.29, 1.82) is 0 Å². The van der Waals surface area contributed by atoms with Crippen molar-refractivity contribution in [3.63, 3.8) is 0 Å². The maximum Gasteiger partial charge on any atom is 0.255 e. The molecule has 3 heterocycles. The second-order valence-corrected chi connectivity index (χ2v) is 7.35. The van der Waals surface area contributed by atoms with Gasteiger partial charge in [-0.05, 0) is 48.9 Å². The summed E-state index contributed by atoms with van der Waals surface area (Å²) in [6.07, 6.45) is 6.53. The van der Waals surface area contributed by atoms with Gasteiger partial charge in [0.15, 0.2) is 0 Å². The molecule has 2 aromatic heterocycles. The fourth-order valence-corrected chi connectivity index (χ4v) is 3.88. The molecule has 3 aromatic rings. The van der Waals surface area contributed by atoms with E-state index in [-0.39, 0.29) is 5.91 Å². The summed E-state index contributed by atoms with van der Waals surface area (Å²) >= 11 is 0. The summed E-state index contributed by atoms with van der Waals surface area (Å²) < 4.78 is 5.09. The van der Waals surface area contributed by atoms with Crippen LogP contribution in [0.4, 0.5) is 0 Å². The Morgan fingerprint density at radius 3 is 2.52 bits per heavy atom. The van der Waals surface area contributed by atoms with Crippen LogP contribution in [0.5, 0.6) is 5.88 Å². The molecule has 0 radical (unpaired) electrons. The fourth-order valence-electron chi connectivity index (χ4n) is 3.88. The second kappa shape index (κ2) is 8.86. The van der Waals surface area contributed by atoms with Gasteiger partial charge in [-0.15, -0.1) is 0 Å². The Morgan fingerprint density at radius 1 is 0.966 bits per heavy atom. The van der Waals surface area contributed by atoms with Crippen molar-refractivity contribution in [3.8, 4) is 17.1 Å². The van der Waals surface area contributed by atoms with E-state index in [0.717, 1.165) is 43.6 Å². The summed E-state index contributed by atoms with van der Waals surface area (Å²) in [6.45, 7) is 1.58. The fraction of sp³-hybridized carbons (Fsp3) is 0.292. The van der Waals surface area contributed by atoms with E-state index in [9.17, 15) is 4.79 Å². The Kier molecular flexibility index (Phi) is 5.84. The van der Waals surface area contributed by atoms with Gasteiger partial charge in [0.05, 0.1) is 18.4 Å². The van der Waals surface area contributed by atoms with Gasteiger partial charge < -0.3 is 9.64 Å². The monoisotopic (exact) mass is 387 g/mol. The molecule has 0 N–H and O–H groups in total. The number of carbonyl (C=O) groups excluding carboxylic acids is 1. The maximum absolute atomic E-state index is 13.0. The zero-order valence-corrected chi connectivity index (χ0v) is 16.6. The van der Waals surface area contributed by atoms with Crippen LogP contribution in [0.1, 0.15) is 41.1 Å². The molecule has 4 rings (SSSR count). The lowest BCUT2D eigenvalue weighted by atomic mass is 9.92. The summed E-state index contributed by atoms with van der Waals surface area (Å²) in [5.74, 6) is 1.15. The molecule has 1 atom stereocenters. The van der Waals surface area contributed by atoms with Gasteiger partial charge in [0.2, 0.25) is 5.88 Å². The molecule has 5 nitrogen and oxygen atoms in total. The number of benzene rings is 1. The summed E-state index contributed by atoms with van der Waals surface area (Å²) in [6, 6.07) is 18.1. The quantitative estimate of drug-likeness (QED) is 0.658. The van der Waals surface area contributed by atoms with E-state index in [0.29, 0.717) is 17.4 Å². The third-order valence-electron chi connectivity index (χ3n) is 5.54. The summed E-state index contributed by atoms with van der Waals surface area (Å²) in [7, 11) is 1.59. The number of hydrogen-bond donors (Lipinski definition) is 0. The highest BCUT2D eigenvalue weighted by Gasteiger charge is 2.22. The SMILES string of the molecule is COc1ccc(-c2ccc(C(=O)N3CCC[C@@H](c4ccccc4)CC3)cn2)cn1. The molecule has 29 heavy (non-hydrogen) atoms. The van der Waals surface area contributed by atoms with E-state index >= 15 is 0 Å². The number of ether oxygens (including phenoxy) is 1. The third kappa shape index (κ3) is 4.45. The van der Waals surface area contributed by atoms with Crippen LogP contribution in [0.3, 0.4) is 0 Å². The van der Waals surface area contributed by atoms with Crippen molar-refractivity contribution in [1.82, 2.24) is 14.9 Å². The molecule has 1 amide bonds. The molecular formula is C24H25N3O2. The van der Waals surface area contributed by atoms with Crippen molar-refractivity contribution in [2.75, 3.05) is 20.2 Å². The van der Waals surface area contributed by atoms with Gasteiger partial charge in [-0.2, -0.15) is 0 Å². The van der Waals surface area contributed by atoms with E-state index in [1.807, 2.05) is 23.1 Å². The minimum absolute atomic E-state index is 0.0608. The van der Waals surface area contributed by atoms with Gasteiger partial charge in [-0.1, -0.05) is 30.3 Å². The highest BCUT2D eigenvalue weighted by Crippen LogP contribution is 2.28. The first-order valence-electron chi connectivity index (χ1n) is 10.1. The van der Waals surface area contributed by atoms with Crippen molar-refractivity contribution < 1.29 is 9.53 Å². The number of hydrogen-bond acceptors (Lipinski definition) is 4. The smallest absolute Gasteiger partial charge is 0.255 e. The third-order valence-corrected chi connectivity index (χ3v) is 5.54. The number of aromatic nitrogens is 2. The summed E-state index contributed by atoms with van der Waals surface area (Å²) in [4.78, 5) is 23.6. The molecule has 148 valence electrons. The summed E-state index contributed by atoms with van der Waals surface area (Å²) in [5, 5.41) is 0. The molecule has 1 aliphatic heterocycles. The lowest BCUT2D eigenvalue weighted by molar-refractivity contribution is 0.0760. The maximum atomic E-state index is 13.0. The number of likely N-dealkylation sites (tertiary alicyclic amines) is 1. The molecule has 0 saturated carbocycles. The van der Waals surface area contributed by atoms with Gasteiger partial charge >= 0.3 is 0 Å². The molecular weight excluding hydrogens is 362 g/mol. The van der Waals surface area contributed by atoms with Crippen LogP contribution in [-0.2, 0) is 0 Å². The van der Waals surface area contributed by atoms with Crippen LogP contribution in [0.2, 0.25) is 0 Å². The average Bonchev–Trinajstić information content (AvgIpc) is 3.06. The number of carbonyl (C=O) groups is 1. The van der Waals surface area contributed by atoms with Crippen LogP contribution in [-0.4, -0.2) is 41.0 Å². The highest BCUT2D eigenvalue weighted by molar-refractivity contribution is 5.94. The number of nitrogens with zero attached hydrogens (tertiary/aromatic N) is 3. The first-order valence-corrected chi connectivity index (χ1v) is 10.1. The second-order valence-electron chi connectivity index (χ2n) is 7.35. The number of methoxy groups -OCH3 is 1. The predicted molar refractivity (Wildman–Crippen MR) is 113 cm³/mol. The predicted octanol–water partition coefficient (Wildman–Crippen LogP) is 4.56. The van der Waals surface area contributed by atoms with E-state index in [2.05, 4.69) is 40.3 Å². The highest BCUT2D eigenvalue weighted by atomic mass is 16.5. The molecule has 0 aliphatic carbocycles. The lowest BCUT2D eigenvalue weighted by Gasteiger charge is -2.21. The van der Waals surface area contributed by atoms with E-state index in [4.69, 9.17) is 4.74 Å². The van der Waals surface area contributed by atoms with Crippen molar-refractivity contribution in [2.45, 2.75) is 25.2 Å². The Hall–Kier alpha value is -3.21. The lowest BCUT2D eigenvalue weighted by Crippen LogP contribution is -2.32. The Bertz CT molecular complexity index is 940. The number of amides is 1. The van der Waals surface area contributed by atoms with Gasteiger partial charge in [0, 0.05) is 37.1 Å². The first-order chi connectivity index (χ1) is 14.2. The van der Waals surface area contributed by atoms with E-state index < -0.39 is 0 Å². The average molecular weight is 387 g/mol. The summed E-state index contributed by atoms with van der Waals surface area (Å²) in [5.41, 5.74) is 3.69. The van der Waals surface area contributed by atoms with Crippen molar-refractivity contribution in [2.24, 2.45) is 0 Å². The Morgan fingerprint density at radius 2 is 1.83 bits per heavy atom. The topological polar surface area (TPSA) is 55.3 Å².